The van der Waals surface area contributed by atoms with Gasteiger partial charge in [-0.25, -0.2) is 4.79 Å². The zero-order valence-electron chi connectivity index (χ0n) is 12.8. The number of para-hydroxylation sites is 1. The quantitative estimate of drug-likeness (QED) is 0.682. The molecule has 3 N–H and O–H groups in total. The van der Waals surface area contributed by atoms with E-state index >= 15 is 0 Å². The molecule has 1 aromatic heterocycles. The zero-order chi connectivity index (χ0) is 16.9. The second-order valence-corrected chi connectivity index (χ2v) is 5.81. The molecule has 6 heteroatoms. The minimum absolute atomic E-state index is 0.154. The highest BCUT2D eigenvalue weighted by atomic mass is 35.5. The topological polar surface area (TPSA) is 74.0 Å². The van der Waals surface area contributed by atoms with Crippen molar-refractivity contribution >= 4 is 28.5 Å². The number of rotatable bonds is 4. The Morgan fingerprint density at radius 3 is 2.62 bits per heavy atom. The van der Waals surface area contributed by atoms with Crippen molar-refractivity contribution in [3.05, 3.63) is 81.1 Å². The third kappa shape index (κ3) is 3.94. The summed E-state index contributed by atoms with van der Waals surface area (Å²) >= 11 is 5.90. The normalized spacial score (nSPS) is 10.5. The molecule has 24 heavy (non-hydrogen) atoms. The molecule has 3 aromatic rings. The van der Waals surface area contributed by atoms with Gasteiger partial charge in [-0.1, -0.05) is 41.9 Å². The monoisotopic (exact) mass is 341 g/mol. The summed E-state index contributed by atoms with van der Waals surface area (Å²) in [7, 11) is 0. The van der Waals surface area contributed by atoms with Crippen LogP contribution in [0.3, 0.4) is 0 Å². The van der Waals surface area contributed by atoms with Crippen LogP contribution in [0, 0.1) is 0 Å². The largest absolute Gasteiger partial charge is 0.334 e. The Kier molecular flexibility index (Phi) is 4.82. The highest BCUT2D eigenvalue weighted by Crippen LogP contribution is 2.11. The fourth-order valence-electron chi connectivity index (χ4n) is 2.39. The molecule has 2 aromatic carbocycles. The van der Waals surface area contributed by atoms with Crippen LogP contribution >= 0.6 is 11.6 Å². The second kappa shape index (κ2) is 7.19. The summed E-state index contributed by atoms with van der Waals surface area (Å²) in [6.07, 6.45) is 0. The number of hydrogen-bond acceptors (Lipinski definition) is 2. The number of halogens is 1. The number of H-pyrrole nitrogens is 1. The number of aromatic amines is 1. The standard InChI is InChI=1S/C18H16ClN3O2/c19-15-6-3-4-12(8-15)10-20-18(24)21-11-14-9-13-5-1-2-7-16(13)22-17(14)23/h1-9H,10-11H2,(H,22,23)(H2,20,21,24). The van der Waals surface area contributed by atoms with Gasteiger partial charge in [0, 0.05) is 29.2 Å². The van der Waals surface area contributed by atoms with Crippen molar-refractivity contribution in [2.45, 2.75) is 13.1 Å². The van der Waals surface area contributed by atoms with Gasteiger partial charge in [0.15, 0.2) is 0 Å². The first-order chi connectivity index (χ1) is 11.6. The van der Waals surface area contributed by atoms with E-state index in [0.717, 1.165) is 16.5 Å². The van der Waals surface area contributed by atoms with Crippen LogP contribution in [0.15, 0.2) is 59.4 Å². The number of amides is 2. The van der Waals surface area contributed by atoms with E-state index in [4.69, 9.17) is 11.6 Å². The average molecular weight is 342 g/mol. The molecule has 1 heterocycles. The Bertz CT molecular complexity index is 937. The molecule has 0 aliphatic heterocycles. The highest BCUT2D eigenvalue weighted by molar-refractivity contribution is 6.30. The van der Waals surface area contributed by atoms with Gasteiger partial charge in [0.25, 0.3) is 5.56 Å². The maximum absolute atomic E-state index is 12.0. The first-order valence-corrected chi connectivity index (χ1v) is 7.87. The molecule has 0 bridgehead atoms. The summed E-state index contributed by atoms with van der Waals surface area (Å²) in [4.78, 5) is 26.7. The molecule has 0 atom stereocenters. The van der Waals surface area contributed by atoms with Gasteiger partial charge in [-0.3, -0.25) is 4.79 Å². The van der Waals surface area contributed by atoms with Gasteiger partial charge in [-0.05, 0) is 35.2 Å². The van der Waals surface area contributed by atoms with Gasteiger partial charge in [0.2, 0.25) is 0 Å². The number of fused-ring (bicyclic) bond motifs is 1. The third-order valence-corrected chi connectivity index (χ3v) is 3.85. The minimum atomic E-state index is -0.345. The van der Waals surface area contributed by atoms with Crippen LogP contribution in [0.4, 0.5) is 4.79 Å². The predicted molar refractivity (Wildman–Crippen MR) is 95.1 cm³/mol. The molecule has 5 nitrogen and oxygen atoms in total. The number of urea groups is 1. The fraction of sp³-hybridized carbons (Fsp3) is 0.111. The Morgan fingerprint density at radius 2 is 1.79 bits per heavy atom. The predicted octanol–water partition coefficient (Wildman–Crippen LogP) is 3.18. The van der Waals surface area contributed by atoms with Crippen molar-refractivity contribution in [2.75, 3.05) is 0 Å². The van der Waals surface area contributed by atoms with Gasteiger partial charge in [-0.15, -0.1) is 0 Å². The summed E-state index contributed by atoms with van der Waals surface area (Å²) in [5.41, 5.74) is 1.98. The van der Waals surface area contributed by atoms with E-state index in [2.05, 4.69) is 15.6 Å². The van der Waals surface area contributed by atoms with Crippen LogP contribution in [0.1, 0.15) is 11.1 Å². The Morgan fingerprint density at radius 1 is 1.00 bits per heavy atom. The molecule has 0 saturated carbocycles. The number of hydrogen-bond donors (Lipinski definition) is 3. The maximum Gasteiger partial charge on any atom is 0.315 e. The lowest BCUT2D eigenvalue weighted by Gasteiger charge is -2.08. The first kappa shape index (κ1) is 16.1. The van der Waals surface area contributed by atoms with Gasteiger partial charge < -0.3 is 15.6 Å². The van der Waals surface area contributed by atoms with Crippen LogP contribution < -0.4 is 16.2 Å². The number of carbonyl (C=O) groups is 1. The number of nitrogens with one attached hydrogen (secondary N) is 3. The van der Waals surface area contributed by atoms with Gasteiger partial charge in [-0.2, -0.15) is 0 Å². The van der Waals surface area contributed by atoms with E-state index in [0.29, 0.717) is 17.1 Å². The van der Waals surface area contributed by atoms with Crippen molar-refractivity contribution in [1.82, 2.24) is 15.6 Å². The Labute approximate surface area is 143 Å². The van der Waals surface area contributed by atoms with Crippen LogP contribution in [0.25, 0.3) is 10.9 Å². The molecule has 0 spiro atoms. The van der Waals surface area contributed by atoms with E-state index in [-0.39, 0.29) is 18.1 Å². The van der Waals surface area contributed by atoms with E-state index in [1.807, 2.05) is 36.4 Å². The Balaban J connectivity index is 1.60. The van der Waals surface area contributed by atoms with Crippen molar-refractivity contribution in [3.63, 3.8) is 0 Å². The summed E-state index contributed by atoms with van der Waals surface area (Å²) in [6.45, 7) is 0.516. The molecule has 0 fully saturated rings. The van der Waals surface area contributed by atoms with Crippen molar-refractivity contribution in [2.24, 2.45) is 0 Å². The molecule has 0 unspecified atom stereocenters. The van der Waals surface area contributed by atoms with Gasteiger partial charge in [0.05, 0.1) is 0 Å². The summed E-state index contributed by atoms with van der Waals surface area (Å²) in [5.74, 6) is 0. The van der Waals surface area contributed by atoms with E-state index in [9.17, 15) is 9.59 Å². The van der Waals surface area contributed by atoms with E-state index in [1.54, 1.807) is 18.2 Å². The molecule has 0 saturated heterocycles. The van der Waals surface area contributed by atoms with E-state index < -0.39 is 0 Å². The lowest BCUT2D eigenvalue weighted by Crippen LogP contribution is -2.35. The SMILES string of the molecule is O=C(NCc1cccc(Cl)c1)NCc1cc2ccccc2[nH]c1=O. The second-order valence-electron chi connectivity index (χ2n) is 5.38. The number of aromatic nitrogens is 1. The highest BCUT2D eigenvalue weighted by Gasteiger charge is 2.05. The molecule has 3 rings (SSSR count). The molecular weight excluding hydrogens is 326 g/mol. The molecule has 2 amide bonds. The number of carbonyl (C=O) groups excluding carboxylic acids is 1. The van der Waals surface area contributed by atoms with Crippen molar-refractivity contribution in [1.29, 1.82) is 0 Å². The number of benzene rings is 2. The van der Waals surface area contributed by atoms with Gasteiger partial charge >= 0.3 is 6.03 Å². The van der Waals surface area contributed by atoms with Gasteiger partial charge in [0.1, 0.15) is 0 Å². The van der Waals surface area contributed by atoms with Crippen LogP contribution in [-0.2, 0) is 13.1 Å². The van der Waals surface area contributed by atoms with Crippen molar-refractivity contribution in [3.8, 4) is 0 Å². The summed E-state index contributed by atoms with van der Waals surface area (Å²) in [5, 5.41) is 6.97. The van der Waals surface area contributed by atoms with Crippen LogP contribution in [0.2, 0.25) is 5.02 Å². The third-order valence-electron chi connectivity index (χ3n) is 3.61. The molecule has 122 valence electrons. The smallest absolute Gasteiger partial charge is 0.315 e. The maximum atomic E-state index is 12.0. The molecular formula is C18H16ClN3O2. The molecule has 0 aliphatic carbocycles. The first-order valence-electron chi connectivity index (χ1n) is 7.49. The minimum Gasteiger partial charge on any atom is -0.334 e. The lowest BCUT2D eigenvalue weighted by atomic mass is 10.1. The fourth-order valence-corrected chi connectivity index (χ4v) is 2.60. The molecule has 0 radical (unpaired) electrons. The van der Waals surface area contributed by atoms with E-state index in [1.165, 1.54) is 0 Å². The van der Waals surface area contributed by atoms with Crippen LogP contribution in [0.5, 0.6) is 0 Å². The number of pyridine rings is 1. The Hall–Kier alpha value is -2.79. The molecule has 0 aliphatic rings. The van der Waals surface area contributed by atoms with Crippen LogP contribution in [-0.4, -0.2) is 11.0 Å². The average Bonchev–Trinajstić information content (AvgIpc) is 2.58. The lowest BCUT2D eigenvalue weighted by molar-refractivity contribution is 0.240. The summed E-state index contributed by atoms with van der Waals surface area (Å²) < 4.78 is 0. The van der Waals surface area contributed by atoms with Crippen molar-refractivity contribution < 1.29 is 4.79 Å². The summed E-state index contributed by atoms with van der Waals surface area (Å²) in [6, 6.07) is 16.2. The zero-order valence-corrected chi connectivity index (χ0v) is 13.6.